The molecule has 2 saturated heterocycles. The Kier molecular flexibility index (Phi) is 3.22. The van der Waals surface area contributed by atoms with Crippen LogP contribution in [0.25, 0.3) is 0 Å². The molecule has 4 nitrogen and oxygen atoms in total. The van der Waals surface area contributed by atoms with Crippen molar-refractivity contribution in [2.24, 2.45) is 0 Å². The zero-order valence-electron chi connectivity index (χ0n) is 7.42. The predicted molar refractivity (Wildman–Crippen MR) is 58.8 cm³/mol. The molecule has 14 heavy (non-hydrogen) atoms. The predicted octanol–water partition coefficient (Wildman–Crippen LogP) is -0.706. The van der Waals surface area contributed by atoms with Gasteiger partial charge in [0.1, 0.15) is 0 Å². The Balaban J connectivity index is 2.18. The topological polar surface area (TPSA) is 63.9 Å². The SMILES string of the molecule is OC1C(Br)C(Br)CN2CC(O)[C@@H](O)C12. The maximum atomic E-state index is 9.92. The molecule has 0 radical (unpaired) electrons. The van der Waals surface area contributed by atoms with Crippen molar-refractivity contribution >= 4 is 31.9 Å². The highest BCUT2D eigenvalue weighted by molar-refractivity contribution is 9.12. The fraction of sp³-hybridized carbons (Fsp3) is 1.00. The van der Waals surface area contributed by atoms with Gasteiger partial charge >= 0.3 is 0 Å². The molecule has 0 bridgehead atoms. The van der Waals surface area contributed by atoms with Gasteiger partial charge in [0, 0.05) is 17.9 Å². The van der Waals surface area contributed by atoms with Gasteiger partial charge in [0.05, 0.1) is 29.2 Å². The monoisotopic (exact) mass is 329 g/mol. The maximum absolute atomic E-state index is 9.92. The van der Waals surface area contributed by atoms with E-state index in [0.717, 1.165) is 6.54 Å². The summed E-state index contributed by atoms with van der Waals surface area (Å²) in [6, 6.07) is -0.344. The fourth-order valence-electron chi connectivity index (χ4n) is 2.25. The third-order valence-corrected chi connectivity index (χ3v) is 5.77. The number of halogens is 2. The van der Waals surface area contributed by atoms with Crippen LogP contribution in [0, 0.1) is 0 Å². The lowest BCUT2D eigenvalue weighted by atomic mass is 9.97. The third kappa shape index (κ3) is 1.66. The van der Waals surface area contributed by atoms with E-state index in [0.29, 0.717) is 6.54 Å². The van der Waals surface area contributed by atoms with E-state index < -0.39 is 18.3 Å². The molecule has 3 N–H and O–H groups in total. The number of piperidine rings is 1. The summed E-state index contributed by atoms with van der Waals surface area (Å²) >= 11 is 6.85. The first-order chi connectivity index (χ1) is 6.52. The van der Waals surface area contributed by atoms with Gasteiger partial charge in [-0.1, -0.05) is 31.9 Å². The van der Waals surface area contributed by atoms with Crippen LogP contribution in [0.4, 0.5) is 0 Å². The van der Waals surface area contributed by atoms with Gasteiger partial charge in [0.15, 0.2) is 0 Å². The van der Waals surface area contributed by atoms with E-state index in [-0.39, 0.29) is 15.7 Å². The van der Waals surface area contributed by atoms with E-state index >= 15 is 0 Å². The highest BCUT2D eigenvalue weighted by Gasteiger charge is 2.50. The standard InChI is InChI=1S/C8H13Br2NO3/c9-3-1-11-2-4(12)7(13)6(11)8(14)5(3)10/h3-8,12-14H,1-2H2/t3?,4?,5?,6?,7-,8?/m1/s1. The lowest BCUT2D eigenvalue weighted by Crippen LogP contribution is -2.58. The lowest BCUT2D eigenvalue weighted by molar-refractivity contribution is -0.0223. The molecule has 0 aromatic heterocycles. The van der Waals surface area contributed by atoms with Crippen molar-refractivity contribution in [2.75, 3.05) is 13.1 Å². The first kappa shape index (κ1) is 11.3. The number of hydrogen-bond donors (Lipinski definition) is 3. The van der Waals surface area contributed by atoms with E-state index in [9.17, 15) is 15.3 Å². The Morgan fingerprint density at radius 1 is 1.00 bits per heavy atom. The molecular formula is C8H13Br2NO3. The Morgan fingerprint density at radius 3 is 2.29 bits per heavy atom. The molecule has 0 saturated carbocycles. The normalized spacial score (nSPS) is 54.6. The number of nitrogens with zero attached hydrogens (tertiary/aromatic N) is 1. The van der Waals surface area contributed by atoms with Gasteiger partial charge < -0.3 is 15.3 Å². The summed E-state index contributed by atoms with van der Waals surface area (Å²) < 4.78 is 0. The van der Waals surface area contributed by atoms with Gasteiger partial charge in [0.25, 0.3) is 0 Å². The van der Waals surface area contributed by atoms with Crippen LogP contribution in [-0.2, 0) is 0 Å². The Bertz CT molecular complexity index is 229. The number of aliphatic hydroxyl groups is 3. The van der Waals surface area contributed by atoms with Gasteiger partial charge in [-0.15, -0.1) is 0 Å². The molecule has 0 spiro atoms. The second kappa shape index (κ2) is 3.99. The summed E-state index contributed by atoms with van der Waals surface area (Å²) in [4.78, 5) is 1.99. The largest absolute Gasteiger partial charge is 0.390 e. The summed E-state index contributed by atoms with van der Waals surface area (Å²) in [5, 5.41) is 29.1. The smallest absolute Gasteiger partial charge is 0.0992 e. The summed E-state index contributed by atoms with van der Waals surface area (Å²) in [5.74, 6) is 0. The van der Waals surface area contributed by atoms with Crippen molar-refractivity contribution in [3.05, 3.63) is 0 Å². The van der Waals surface area contributed by atoms with E-state index in [1.807, 2.05) is 4.90 Å². The average molecular weight is 331 g/mol. The molecule has 2 heterocycles. The second-order valence-electron chi connectivity index (χ2n) is 3.95. The van der Waals surface area contributed by atoms with Crippen molar-refractivity contribution in [3.63, 3.8) is 0 Å². The summed E-state index contributed by atoms with van der Waals surface area (Å²) in [5.41, 5.74) is 0. The zero-order valence-corrected chi connectivity index (χ0v) is 10.6. The molecule has 0 aromatic carbocycles. The minimum atomic E-state index is -0.843. The van der Waals surface area contributed by atoms with Gasteiger partial charge in [-0.25, -0.2) is 0 Å². The minimum absolute atomic E-state index is 0.0799. The van der Waals surface area contributed by atoms with Crippen LogP contribution in [0.2, 0.25) is 0 Å². The molecule has 2 aliphatic heterocycles. The van der Waals surface area contributed by atoms with Crippen molar-refractivity contribution in [3.8, 4) is 0 Å². The zero-order chi connectivity index (χ0) is 10.5. The Hall–Kier alpha value is 0.800. The van der Waals surface area contributed by atoms with E-state index in [4.69, 9.17) is 0 Å². The number of hydrogen-bond acceptors (Lipinski definition) is 4. The highest BCUT2D eigenvalue weighted by atomic mass is 79.9. The quantitative estimate of drug-likeness (QED) is 0.514. The molecule has 6 heteroatoms. The first-order valence-corrected chi connectivity index (χ1v) is 6.42. The van der Waals surface area contributed by atoms with Gasteiger partial charge in [0.2, 0.25) is 0 Å². The number of rotatable bonds is 0. The molecule has 2 rings (SSSR count). The third-order valence-electron chi connectivity index (χ3n) is 3.02. The van der Waals surface area contributed by atoms with Crippen molar-refractivity contribution in [2.45, 2.75) is 34.0 Å². The first-order valence-electron chi connectivity index (χ1n) is 4.58. The number of fused-ring (bicyclic) bond motifs is 1. The number of aliphatic hydroxyl groups excluding tert-OH is 3. The maximum Gasteiger partial charge on any atom is 0.0992 e. The summed E-state index contributed by atoms with van der Waals surface area (Å²) in [6.07, 6.45) is -2.24. The Morgan fingerprint density at radius 2 is 1.64 bits per heavy atom. The highest BCUT2D eigenvalue weighted by Crippen LogP contribution is 2.34. The van der Waals surface area contributed by atoms with Crippen molar-refractivity contribution in [1.82, 2.24) is 4.90 Å². The van der Waals surface area contributed by atoms with Crippen LogP contribution in [-0.4, -0.2) is 67.3 Å². The molecule has 0 aromatic rings. The lowest BCUT2D eigenvalue weighted by Gasteiger charge is -2.40. The van der Waals surface area contributed by atoms with Crippen molar-refractivity contribution < 1.29 is 15.3 Å². The minimum Gasteiger partial charge on any atom is -0.390 e. The molecular weight excluding hydrogens is 318 g/mol. The summed E-state index contributed by atoms with van der Waals surface area (Å²) in [6.45, 7) is 1.16. The van der Waals surface area contributed by atoms with Crippen molar-refractivity contribution in [1.29, 1.82) is 0 Å². The van der Waals surface area contributed by atoms with Crippen LogP contribution >= 0.6 is 31.9 Å². The Labute approximate surface area is 99.2 Å². The molecule has 0 aliphatic carbocycles. The molecule has 82 valence electrons. The van der Waals surface area contributed by atoms with Crippen LogP contribution in [0.3, 0.4) is 0 Å². The molecule has 2 fully saturated rings. The summed E-state index contributed by atoms with van der Waals surface area (Å²) in [7, 11) is 0. The van der Waals surface area contributed by atoms with E-state index in [2.05, 4.69) is 31.9 Å². The molecule has 2 aliphatic rings. The van der Waals surface area contributed by atoms with E-state index in [1.54, 1.807) is 0 Å². The van der Waals surface area contributed by atoms with Crippen LogP contribution in [0.1, 0.15) is 0 Å². The second-order valence-corrected chi connectivity index (χ2v) is 6.19. The van der Waals surface area contributed by atoms with E-state index in [1.165, 1.54) is 0 Å². The van der Waals surface area contributed by atoms with Crippen LogP contribution in [0.5, 0.6) is 0 Å². The van der Waals surface area contributed by atoms with Gasteiger partial charge in [-0.05, 0) is 0 Å². The molecule has 5 unspecified atom stereocenters. The number of alkyl halides is 2. The molecule has 6 atom stereocenters. The van der Waals surface area contributed by atoms with Gasteiger partial charge in [-0.3, -0.25) is 4.90 Å². The average Bonchev–Trinajstić information content (AvgIpc) is 2.39. The van der Waals surface area contributed by atoms with Crippen LogP contribution < -0.4 is 0 Å². The fourth-order valence-corrected chi connectivity index (χ4v) is 3.42. The van der Waals surface area contributed by atoms with Crippen LogP contribution in [0.15, 0.2) is 0 Å². The van der Waals surface area contributed by atoms with Gasteiger partial charge in [-0.2, -0.15) is 0 Å². The molecule has 0 amide bonds.